The molecule has 0 aliphatic carbocycles. The van der Waals surface area contributed by atoms with E-state index in [-0.39, 0.29) is 12.7 Å². The summed E-state index contributed by atoms with van der Waals surface area (Å²) in [5.41, 5.74) is 0.949. The van der Waals surface area contributed by atoms with E-state index in [4.69, 9.17) is 9.47 Å². The zero-order valence-corrected chi connectivity index (χ0v) is 16.4. The highest BCUT2D eigenvalue weighted by Crippen LogP contribution is 2.26. The third kappa shape index (κ3) is 4.59. The van der Waals surface area contributed by atoms with Crippen molar-refractivity contribution in [3.63, 3.8) is 0 Å². The number of nitrogens with zero attached hydrogens (tertiary/aromatic N) is 3. The molecular formula is C21H23N3O3S. The lowest BCUT2D eigenvalue weighted by Crippen LogP contribution is -2.39. The van der Waals surface area contributed by atoms with Gasteiger partial charge < -0.3 is 14.4 Å². The van der Waals surface area contributed by atoms with Gasteiger partial charge in [0.15, 0.2) is 0 Å². The second kappa shape index (κ2) is 9.01. The summed E-state index contributed by atoms with van der Waals surface area (Å²) < 4.78 is 11.4. The number of hydrogen-bond acceptors (Lipinski definition) is 6. The van der Waals surface area contributed by atoms with Gasteiger partial charge in [0.2, 0.25) is 0 Å². The Morgan fingerprint density at radius 3 is 2.86 bits per heavy atom. The van der Waals surface area contributed by atoms with Crippen molar-refractivity contribution < 1.29 is 14.3 Å². The SMILES string of the molecule is O=C(OCc1nccs1)N1CCC(CCOc2cccc3ncccc23)CC1. The standard InChI is InChI=1S/C21H23N3O3S/c25-21(27-15-20-23-10-14-28-20)24-11-6-16(7-12-24)8-13-26-19-5-1-4-18-17(19)3-2-9-22-18/h1-5,9-10,14,16H,6-8,11-13,15H2. The Labute approximate surface area is 168 Å². The summed E-state index contributed by atoms with van der Waals surface area (Å²) in [7, 11) is 0. The van der Waals surface area contributed by atoms with E-state index >= 15 is 0 Å². The lowest BCUT2D eigenvalue weighted by Gasteiger charge is -2.31. The number of likely N-dealkylation sites (tertiary alicyclic amines) is 1. The molecule has 0 bridgehead atoms. The lowest BCUT2D eigenvalue weighted by molar-refractivity contribution is 0.0799. The van der Waals surface area contributed by atoms with Crippen molar-refractivity contribution >= 4 is 28.3 Å². The first-order valence-corrected chi connectivity index (χ1v) is 10.4. The van der Waals surface area contributed by atoms with Crippen LogP contribution in [0.15, 0.2) is 48.1 Å². The van der Waals surface area contributed by atoms with Gasteiger partial charge in [0.05, 0.1) is 12.1 Å². The van der Waals surface area contributed by atoms with Crippen molar-refractivity contribution in [1.82, 2.24) is 14.9 Å². The van der Waals surface area contributed by atoms with E-state index in [1.54, 1.807) is 17.3 Å². The number of carbonyl (C=O) groups excluding carboxylic acids is 1. The molecule has 1 saturated heterocycles. The van der Waals surface area contributed by atoms with Crippen LogP contribution in [0.25, 0.3) is 10.9 Å². The van der Waals surface area contributed by atoms with Crippen LogP contribution in [0.5, 0.6) is 5.75 Å². The summed E-state index contributed by atoms with van der Waals surface area (Å²) in [6.07, 6.45) is 6.21. The number of carbonyl (C=O) groups is 1. The van der Waals surface area contributed by atoms with E-state index in [0.29, 0.717) is 12.5 Å². The number of pyridine rings is 1. The summed E-state index contributed by atoms with van der Waals surface area (Å²) in [5.74, 6) is 1.45. The van der Waals surface area contributed by atoms with Crippen molar-refractivity contribution in [3.05, 3.63) is 53.1 Å². The monoisotopic (exact) mass is 397 g/mol. The van der Waals surface area contributed by atoms with Crippen LogP contribution < -0.4 is 4.74 Å². The molecule has 1 aromatic carbocycles. The van der Waals surface area contributed by atoms with Gasteiger partial charge in [0.25, 0.3) is 0 Å². The van der Waals surface area contributed by atoms with Crippen molar-refractivity contribution in [2.75, 3.05) is 19.7 Å². The van der Waals surface area contributed by atoms with Gasteiger partial charge in [-0.1, -0.05) is 6.07 Å². The quantitative estimate of drug-likeness (QED) is 0.612. The van der Waals surface area contributed by atoms with Crippen LogP contribution in [0.2, 0.25) is 0 Å². The second-order valence-corrected chi connectivity index (χ2v) is 7.85. The number of thiazole rings is 1. The molecule has 3 aromatic rings. The Hall–Kier alpha value is -2.67. The number of rotatable bonds is 6. The van der Waals surface area contributed by atoms with E-state index < -0.39 is 0 Å². The minimum absolute atomic E-state index is 0.242. The van der Waals surface area contributed by atoms with E-state index in [9.17, 15) is 4.79 Å². The fourth-order valence-corrected chi connectivity index (χ4v) is 4.01. The van der Waals surface area contributed by atoms with Crippen molar-refractivity contribution in [2.24, 2.45) is 5.92 Å². The molecule has 2 aromatic heterocycles. The molecule has 0 N–H and O–H groups in total. The highest BCUT2D eigenvalue weighted by atomic mass is 32.1. The first-order valence-electron chi connectivity index (χ1n) is 9.56. The summed E-state index contributed by atoms with van der Waals surface area (Å²) in [6.45, 7) is 2.40. The number of piperidine rings is 1. The van der Waals surface area contributed by atoms with Crippen molar-refractivity contribution in [3.8, 4) is 5.75 Å². The maximum absolute atomic E-state index is 12.2. The van der Waals surface area contributed by atoms with Crippen molar-refractivity contribution in [1.29, 1.82) is 0 Å². The second-order valence-electron chi connectivity index (χ2n) is 6.87. The Morgan fingerprint density at radius 2 is 2.04 bits per heavy atom. The van der Waals surface area contributed by atoms with E-state index in [1.165, 1.54) is 11.3 Å². The average Bonchev–Trinajstić information content (AvgIpc) is 3.26. The molecule has 0 radical (unpaired) electrons. The Bertz CT molecular complexity index is 903. The predicted molar refractivity (Wildman–Crippen MR) is 108 cm³/mol. The first kappa shape index (κ1) is 18.7. The summed E-state index contributed by atoms with van der Waals surface area (Å²) in [4.78, 5) is 22.5. The number of amides is 1. The van der Waals surface area contributed by atoms with Gasteiger partial charge in [-0.25, -0.2) is 9.78 Å². The molecule has 146 valence electrons. The van der Waals surface area contributed by atoms with Gasteiger partial charge in [-0.3, -0.25) is 4.98 Å². The normalized spacial score (nSPS) is 14.9. The largest absolute Gasteiger partial charge is 0.493 e. The van der Waals surface area contributed by atoms with Crippen LogP contribution in [-0.2, 0) is 11.3 Å². The molecular weight excluding hydrogens is 374 g/mol. The maximum atomic E-state index is 12.2. The fraction of sp³-hybridized carbons (Fsp3) is 0.381. The zero-order valence-electron chi connectivity index (χ0n) is 15.6. The topological polar surface area (TPSA) is 64.5 Å². The Kier molecular flexibility index (Phi) is 6.01. The molecule has 0 spiro atoms. The molecule has 1 aliphatic rings. The van der Waals surface area contributed by atoms with Crippen LogP contribution in [0.1, 0.15) is 24.3 Å². The molecule has 3 heterocycles. The van der Waals surface area contributed by atoms with Gasteiger partial charge in [0.1, 0.15) is 17.4 Å². The molecule has 7 heteroatoms. The van der Waals surface area contributed by atoms with Crippen LogP contribution in [0.3, 0.4) is 0 Å². The average molecular weight is 398 g/mol. The number of fused-ring (bicyclic) bond motifs is 1. The van der Waals surface area contributed by atoms with Gasteiger partial charge in [-0.2, -0.15) is 0 Å². The highest BCUT2D eigenvalue weighted by Gasteiger charge is 2.24. The minimum Gasteiger partial charge on any atom is -0.493 e. The van der Waals surface area contributed by atoms with Crippen LogP contribution in [-0.4, -0.2) is 40.7 Å². The predicted octanol–water partition coefficient (Wildman–Crippen LogP) is 4.51. The molecule has 1 aliphatic heterocycles. The molecule has 0 atom stereocenters. The molecule has 28 heavy (non-hydrogen) atoms. The summed E-state index contributed by atoms with van der Waals surface area (Å²) in [5, 5.41) is 3.75. The number of benzene rings is 1. The first-order chi connectivity index (χ1) is 13.8. The Balaban J connectivity index is 1.20. The maximum Gasteiger partial charge on any atom is 0.410 e. The highest BCUT2D eigenvalue weighted by molar-refractivity contribution is 7.09. The summed E-state index contributed by atoms with van der Waals surface area (Å²) in [6, 6.07) is 9.92. The molecule has 4 rings (SSSR count). The minimum atomic E-state index is -0.242. The van der Waals surface area contributed by atoms with Crippen LogP contribution in [0.4, 0.5) is 4.79 Å². The summed E-state index contributed by atoms with van der Waals surface area (Å²) >= 11 is 1.50. The third-order valence-corrected chi connectivity index (χ3v) is 5.82. The van der Waals surface area contributed by atoms with Gasteiger partial charge >= 0.3 is 6.09 Å². The molecule has 0 unspecified atom stereocenters. The zero-order chi connectivity index (χ0) is 19.2. The number of aromatic nitrogens is 2. The van der Waals surface area contributed by atoms with Gasteiger partial charge in [0, 0.05) is 36.2 Å². The van der Waals surface area contributed by atoms with Crippen LogP contribution >= 0.6 is 11.3 Å². The van der Waals surface area contributed by atoms with Crippen molar-refractivity contribution in [2.45, 2.75) is 25.9 Å². The van der Waals surface area contributed by atoms with E-state index in [0.717, 1.165) is 54.0 Å². The van der Waals surface area contributed by atoms with Gasteiger partial charge in [-0.05, 0) is 49.4 Å². The van der Waals surface area contributed by atoms with Gasteiger partial charge in [-0.15, -0.1) is 11.3 Å². The molecule has 1 fully saturated rings. The lowest BCUT2D eigenvalue weighted by atomic mass is 9.94. The van der Waals surface area contributed by atoms with E-state index in [1.807, 2.05) is 35.7 Å². The molecule has 0 saturated carbocycles. The number of ether oxygens (including phenoxy) is 2. The number of hydrogen-bond donors (Lipinski definition) is 0. The third-order valence-electron chi connectivity index (χ3n) is 5.06. The molecule has 1 amide bonds. The smallest absolute Gasteiger partial charge is 0.410 e. The van der Waals surface area contributed by atoms with E-state index in [2.05, 4.69) is 9.97 Å². The Morgan fingerprint density at radius 1 is 1.14 bits per heavy atom. The van der Waals surface area contributed by atoms with Crippen LogP contribution in [0, 0.1) is 5.92 Å². The fourth-order valence-electron chi connectivity index (χ4n) is 3.48. The molecule has 6 nitrogen and oxygen atoms in total.